The van der Waals surface area contributed by atoms with Crippen LogP contribution < -0.4 is 5.43 Å². The van der Waals surface area contributed by atoms with Crippen LogP contribution in [0, 0.1) is 0 Å². The summed E-state index contributed by atoms with van der Waals surface area (Å²) in [5.41, 5.74) is 2.59. The van der Waals surface area contributed by atoms with Crippen LogP contribution in [0.3, 0.4) is 0 Å². The molecule has 2 aromatic rings. The molecule has 0 spiro atoms. The van der Waals surface area contributed by atoms with Gasteiger partial charge in [-0.05, 0) is 36.4 Å². The molecule has 0 bridgehead atoms. The second-order valence-corrected chi connectivity index (χ2v) is 5.63. The number of amides is 1. The van der Waals surface area contributed by atoms with E-state index < -0.39 is 21.1 Å². The lowest BCUT2D eigenvalue weighted by atomic mass is 10.2. The zero-order valence-corrected chi connectivity index (χ0v) is 11.9. The highest BCUT2D eigenvalue weighted by atomic mass is 35.5. The maximum atomic E-state index is 11.7. The lowest BCUT2D eigenvalue weighted by Gasteiger charge is -1.98. The molecule has 1 amide bonds. The molecule has 2 N–H and O–H groups in total. The number of rotatable bonds is 4. The van der Waals surface area contributed by atoms with Crippen molar-refractivity contribution in [3.63, 3.8) is 0 Å². The van der Waals surface area contributed by atoms with Crippen LogP contribution in [0.1, 0.15) is 16.1 Å². The number of hydrazone groups is 1. The Morgan fingerprint density at radius 3 is 2.48 bits per heavy atom. The maximum Gasteiger partial charge on any atom is 0.328 e. The van der Waals surface area contributed by atoms with Crippen LogP contribution >= 0.6 is 11.6 Å². The number of hydrogen-bond acceptors (Lipinski definition) is 5. The van der Waals surface area contributed by atoms with E-state index >= 15 is 0 Å². The molecule has 0 aliphatic rings. The summed E-state index contributed by atoms with van der Waals surface area (Å²) in [4.78, 5) is 11.7. The number of carbonyl (C=O) groups excluding carboxylic acids is 1. The predicted molar refractivity (Wildman–Crippen MR) is 75.0 cm³/mol. The van der Waals surface area contributed by atoms with Crippen LogP contribution in [0.2, 0.25) is 5.02 Å². The summed E-state index contributed by atoms with van der Waals surface area (Å²) in [6, 6.07) is 8.52. The topological polar surface area (TPSA) is 109 Å². The molecule has 0 aliphatic heterocycles. The van der Waals surface area contributed by atoms with Crippen LogP contribution in [0.4, 0.5) is 0 Å². The van der Waals surface area contributed by atoms with Crippen LogP contribution in [0.5, 0.6) is 0 Å². The molecule has 0 atom stereocenters. The fraction of sp³-hybridized carbons (Fsp3) is 0. The third-order valence-electron chi connectivity index (χ3n) is 2.32. The van der Waals surface area contributed by atoms with E-state index in [0.717, 1.165) is 12.3 Å². The first-order valence-electron chi connectivity index (χ1n) is 5.52. The van der Waals surface area contributed by atoms with Crippen LogP contribution in [0.25, 0.3) is 0 Å². The number of benzene rings is 1. The van der Waals surface area contributed by atoms with E-state index in [0.29, 0.717) is 10.6 Å². The lowest BCUT2D eigenvalue weighted by molar-refractivity contribution is 0.0955. The molecule has 21 heavy (non-hydrogen) atoms. The third-order valence-corrected chi connectivity index (χ3v) is 3.30. The van der Waals surface area contributed by atoms with Gasteiger partial charge in [0.1, 0.15) is 5.76 Å². The molecule has 0 radical (unpaired) electrons. The van der Waals surface area contributed by atoms with Crippen LogP contribution in [-0.2, 0) is 10.1 Å². The fourth-order valence-electron chi connectivity index (χ4n) is 1.36. The lowest BCUT2D eigenvalue weighted by Crippen LogP contribution is -2.17. The van der Waals surface area contributed by atoms with Gasteiger partial charge in [-0.25, -0.2) is 5.43 Å². The number of hydrogen-bond donors (Lipinski definition) is 2. The molecule has 2 rings (SSSR count). The second-order valence-electron chi connectivity index (χ2n) is 3.84. The van der Waals surface area contributed by atoms with E-state index in [2.05, 4.69) is 10.5 Å². The number of furan rings is 1. The van der Waals surface area contributed by atoms with E-state index in [9.17, 15) is 13.2 Å². The van der Waals surface area contributed by atoms with E-state index in [-0.39, 0.29) is 5.76 Å². The molecule has 0 saturated heterocycles. The highest BCUT2D eigenvalue weighted by Crippen LogP contribution is 2.12. The molecule has 0 saturated carbocycles. The van der Waals surface area contributed by atoms with Crippen molar-refractivity contribution in [3.05, 3.63) is 52.7 Å². The minimum atomic E-state index is -4.40. The Morgan fingerprint density at radius 2 is 1.90 bits per heavy atom. The average molecular weight is 329 g/mol. The fourth-order valence-corrected chi connectivity index (χ4v) is 1.93. The Bertz CT molecular complexity index is 780. The van der Waals surface area contributed by atoms with Crippen molar-refractivity contribution in [3.8, 4) is 0 Å². The van der Waals surface area contributed by atoms with E-state index in [1.807, 2.05) is 0 Å². The predicted octanol–water partition coefficient (Wildman–Crippen LogP) is 1.94. The largest absolute Gasteiger partial charge is 0.441 e. The van der Waals surface area contributed by atoms with Crippen molar-refractivity contribution in [2.24, 2.45) is 5.10 Å². The molecule has 7 nitrogen and oxygen atoms in total. The minimum absolute atomic E-state index is 0.0547. The molecule has 1 aromatic carbocycles. The van der Waals surface area contributed by atoms with Gasteiger partial charge in [-0.15, -0.1) is 0 Å². The van der Waals surface area contributed by atoms with Crippen molar-refractivity contribution in [2.75, 3.05) is 0 Å². The van der Waals surface area contributed by atoms with Gasteiger partial charge in [-0.1, -0.05) is 11.6 Å². The molecular weight excluding hydrogens is 320 g/mol. The van der Waals surface area contributed by atoms with E-state index in [4.69, 9.17) is 20.6 Å². The second kappa shape index (κ2) is 6.08. The van der Waals surface area contributed by atoms with Crippen molar-refractivity contribution in [2.45, 2.75) is 5.09 Å². The highest BCUT2D eigenvalue weighted by Gasteiger charge is 2.14. The summed E-state index contributed by atoms with van der Waals surface area (Å²) in [6.07, 6.45) is 1.10. The monoisotopic (exact) mass is 328 g/mol. The summed E-state index contributed by atoms with van der Waals surface area (Å²) in [5, 5.41) is 3.51. The Kier molecular flexibility index (Phi) is 4.41. The average Bonchev–Trinajstić information content (AvgIpc) is 2.88. The van der Waals surface area contributed by atoms with Crippen LogP contribution in [-0.4, -0.2) is 25.1 Å². The Morgan fingerprint density at radius 1 is 1.24 bits per heavy atom. The van der Waals surface area contributed by atoms with Crippen molar-refractivity contribution in [1.29, 1.82) is 0 Å². The SMILES string of the molecule is O=C(N/N=C/c1ccc(S(=O)(=O)O)o1)c1ccc(Cl)cc1. The first kappa shape index (κ1) is 15.2. The Hall–Kier alpha value is -2.16. The van der Waals surface area contributed by atoms with E-state index in [1.165, 1.54) is 18.2 Å². The summed E-state index contributed by atoms with van der Waals surface area (Å²) in [6.45, 7) is 0. The molecule has 0 fully saturated rings. The normalized spacial score (nSPS) is 11.7. The van der Waals surface area contributed by atoms with Gasteiger partial charge >= 0.3 is 10.1 Å². The number of halogens is 1. The maximum absolute atomic E-state index is 11.7. The van der Waals surface area contributed by atoms with Gasteiger partial charge in [-0.3, -0.25) is 9.35 Å². The number of nitrogens with zero attached hydrogens (tertiary/aromatic N) is 1. The van der Waals surface area contributed by atoms with Gasteiger partial charge in [-0.2, -0.15) is 13.5 Å². The summed E-state index contributed by atoms with van der Waals surface area (Å²) in [7, 11) is -4.40. The molecule has 0 unspecified atom stereocenters. The summed E-state index contributed by atoms with van der Waals surface area (Å²) in [5.74, 6) is -0.413. The quantitative estimate of drug-likeness (QED) is 0.506. The molecule has 1 heterocycles. The van der Waals surface area contributed by atoms with Crippen LogP contribution in [0.15, 0.2) is 51.0 Å². The smallest absolute Gasteiger partial charge is 0.328 e. The van der Waals surface area contributed by atoms with Crippen molar-refractivity contribution < 1.29 is 22.2 Å². The summed E-state index contributed by atoms with van der Waals surface area (Å²) >= 11 is 5.70. The Balaban J connectivity index is 2.01. The molecule has 1 aromatic heterocycles. The van der Waals surface area contributed by atoms with Gasteiger partial charge in [0.05, 0.1) is 6.21 Å². The van der Waals surface area contributed by atoms with E-state index in [1.54, 1.807) is 12.1 Å². The van der Waals surface area contributed by atoms with Crippen molar-refractivity contribution >= 4 is 33.8 Å². The van der Waals surface area contributed by atoms with Gasteiger partial charge in [0.2, 0.25) is 5.09 Å². The van der Waals surface area contributed by atoms with Gasteiger partial charge in [0.15, 0.2) is 0 Å². The highest BCUT2D eigenvalue weighted by molar-refractivity contribution is 7.85. The van der Waals surface area contributed by atoms with Gasteiger partial charge < -0.3 is 4.42 Å². The molecular formula is C12H9ClN2O5S. The Labute approximate surface area is 125 Å². The number of carbonyl (C=O) groups is 1. The standard InChI is InChI=1S/C12H9ClN2O5S/c13-9-3-1-8(2-4-9)12(16)15-14-7-10-5-6-11(20-10)21(17,18)19/h1-7H,(H,15,16)(H,17,18,19)/b14-7+. The number of nitrogens with one attached hydrogen (secondary N) is 1. The first-order valence-corrected chi connectivity index (χ1v) is 7.34. The zero-order chi connectivity index (χ0) is 15.5. The van der Waals surface area contributed by atoms with Crippen molar-refractivity contribution in [1.82, 2.24) is 5.43 Å². The molecule has 0 aliphatic carbocycles. The molecule has 110 valence electrons. The first-order chi connectivity index (χ1) is 9.86. The summed E-state index contributed by atoms with van der Waals surface area (Å²) < 4.78 is 35.1. The minimum Gasteiger partial charge on any atom is -0.441 e. The third kappa shape index (κ3) is 4.15. The zero-order valence-electron chi connectivity index (χ0n) is 10.4. The molecule has 9 heteroatoms. The van der Waals surface area contributed by atoms with Gasteiger partial charge in [0.25, 0.3) is 5.91 Å². The van der Waals surface area contributed by atoms with Gasteiger partial charge in [0, 0.05) is 10.6 Å².